The summed E-state index contributed by atoms with van der Waals surface area (Å²) in [5.41, 5.74) is 3.15. The molecule has 0 aliphatic rings. The van der Waals surface area contributed by atoms with Crippen molar-refractivity contribution in [2.24, 2.45) is 0 Å². The highest BCUT2D eigenvalue weighted by molar-refractivity contribution is 7.22. The lowest BCUT2D eigenvalue weighted by molar-refractivity contribution is 0.0982. The van der Waals surface area contributed by atoms with E-state index in [1.165, 1.54) is 18.3 Å². The topological polar surface area (TPSA) is 68.1 Å². The molecule has 6 nitrogen and oxygen atoms in total. The number of Topliss-reactive ketones (excluding diaryl/α,β-unsaturated/α-hetero) is 1. The van der Waals surface area contributed by atoms with E-state index in [0.717, 1.165) is 28.7 Å². The van der Waals surface area contributed by atoms with Crippen molar-refractivity contribution in [2.75, 3.05) is 11.4 Å². The number of ketones is 1. The lowest BCUT2D eigenvalue weighted by Crippen LogP contribution is -2.32. The molecule has 0 bridgehead atoms. The van der Waals surface area contributed by atoms with Crippen LogP contribution >= 0.6 is 11.3 Å². The highest BCUT2D eigenvalue weighted by Gasteiger charge is 2.21. The number of carbonyl (C=O) groups is 2. The number of anilines is 1. The molecule has 2 heterocycles. The van der Waals surface area contributed by atoms with E-state index in [0.29, 0.717) is 22.8 Å². The molecule has 0 N–H and O–H groups in total. The van der Waals surface area contributed by atoms with Crippen molar-refractivity contribution in [3.8, 4) is 0 Å². The van der Waals surface area contributed by atoms with E-state index in [4.69, 9.17) is 4.98 Å². The molecule has 0 saturated heterocycles. The molecule has 30 heavy (non-hydrogen) atoms. The number of amides is 1. The van der Waals surface area contributed by atoms with E-state index in [2.05, 4.69) is 4.98 Å². The zero-order valence-electron chi connectivity index (χ0n) is 16.9. The second-order valence-corrected chi connectivity index (χ2v) is 8.17. The third-order valence-corrected chi connectivity index (χ3v) is 6.02. The molecule has 4 rings (SSSR count). The number of thiazole rings is 1. The van der Waals surface area contributed by atoms with E-state index in [-0.39, 0.29) is 11.7 Å². The number of nitrogens with zero attached hydrogens (tertiary/aromatic N) is 4. The first-order valence-corrected chi connectivity index (χ1v) is 10.6. The molecule has 0 spiro atoms. The molecular weight excluding hydrogens is 396 g/mol. The van der Waals surface area contributed by atoms with Gasteiger partial charge in [0.15, 0.2) is 10.9 Å². The minimum Gasteiger partial charge on any atom is -0.337 e. The Morgan fingerprint density at radius 3 is 2.53 bits per heavy atom. The molecule has 7 heteroatoms. The molecular formula is C23H22N4O2S. The monoisotopic (exact) mass is 418 g/mol. The molecule has 4 aromatic rings. The fraction of sp³-hybridized carbons (Fsp3) is 0.217. The quantitative estimate of drug-likeness (QED) is 0.407. The summed E-state index contributed by atoms with van der Waals surface area (Å²) in [6, 6.07) is 12.9. The number of hydrogen-bond donors (Lipinski definition) is 0. The van der Waals surface area contributed by atoms with Crippen LogP contribution in [0.4, 0.5) is 5.13 Å². The fourth-order valence-electron chi connectivity index (χ4n) is 3.31. The van der Waals surface area contributed by atoms with Gasteiger partial charge >= 0.3 is 0 Å². The van der Waals surface area contributed by atoms with Gasteiger partial charge in [0, 0.05) is 36.6 Å². The zero-order valence-corrected chi connectivity index (χ0v) is 17.7. The summed E-state index contributed by atoms with van der Waals surface area (Å²) in [5, 5.41) is 0.686. The van der Waals surface area contributed by atoms with E-state index in [1.54, 1.807) is 41.7 Å². The summed E-state index contributed by atoms with van der Waals surface area (Å²) in [6.07, 6.45) is 6.19. The van der Waals surface area contributed by atoms with E-state index < -0.39 is 0 Å². The Morgan fingerprint density at radius 2 is 1.87 bits per heavy atom. The summed E-state index contributed by atoms with van der Waals surface area (Å²) in [6.45, 7) is 4.83. The number of benzene rings is 2. The molecule has 2 aromatic heterocycles. The van der Waals surface area contributed by atoms with Crippen molar-refractivity contribution in [3.63, 3.8) is 0 Å². The highest BCUT2D eigenvalue weighted by atomic mass is 32.1. The van der Waals surface area contributed by atoms with Gasteiger partial charge in [-0.1, -0.05) is 35.6 Å². The lowest BCUT2D eigenvalue weighted by Gasteiger charge is -2.20. The number of hydrogen-bond acceptors (Lipinski definition) is 5. The molecule has 0 fully saturated rings. The smallest absolute Gasteiger partial charge is 0.260 e. The minimum absolute atomic E-state index is 0.0205. The summed E-state index contributed by atoms with van der Waals surface area (Å²) in [4.78, 5) is 35.5. The Balaban J connectivity index is 1.63. The third kappa shape index (κ3) is 4.16. The summed E-state index contributed by atoms with van der Waals surface area (Å²) < 4.78 is 3.05. The molecule has 0 atom stereocenters. The maximum atomic E-state index is 13.4. The van der Waals surface area contributed by atoms with Gasteiger partial charge in [-0.25, -0.2) is 9.97 Å². The average molecular weight is 419 g/mol. The van der Waals surface area contributed by atoms with Crippen LogP contribution in [-0.4, -0.2) is 32.8 Å². The van der Waals surface area contributed by atoms with Gasteiger partial charge < -0.3 is 4.57 Å². The van der Waals surface area contributed by atoms with Crippen LogP contribution in [-0.2, 0) is 6.54 Å². The van der Waals surface area contributed by atoms with Crippen molar-refractivity contribution in [3.05, 3.63) is 77.9 Å². The van der Waals surface area contributed by atoms with Crippen molar-refractivity contribution >= 4 is 38.4 Å². The number of rotatable bonds is 7. The Labute approximate surface area is 178 Å². The molecule has 2 aromatic carbocycles. The maximum absolute atomic E-state index is 13.4. The van der Waals surface area contributed by atoms with Gasteiger partial charge in [-0.05, 0) is 44.0 Å². The van der Waals surface area contributed by atoms with Gasteiger partial charge in [-0.15, -0.1) is 0 Å². The van der Waals surface area contributed by atoms with Crippen LogP contribution in [0.5, 0.6) is 0 Å². The van der Waals surface area contributed by atoms with Crippen LogP contribution in [0, 0.1) is 6.92 Å². The first-order chi connectivity index (χ1) is 14.5. The Bertz CT molecular complexity index is 1180. The predicted molar refractivity (Wildman–Crippen MR) is 119 cm³/mol. The SMILES string of the molecule is CC(=O)c1ccc(C(=O)N(CCCn2ccnc2)c2nc3c(C)cccc3s2)cc1. The molecule has 152 valence electrons. The van der Waals surface area contributed by atoms with Crippen molar-refractivity contribution in [1.82, 2.24) is 14.5 Å². The highest BCUT2D eigenvalue weighted by Crippen LogP contribution is 2.31. The molecule has 0 aliphatic carbocycles. The van der Waals surface area contributed by atoms with E-state index in [9.17, 15) is 9.59 Å². The van der Waals surface area contributed by atoms with Gasteiger partial charge in [0.1, 0.15) is 0 Å². The normalized spacial score (nSPS) is 11.0. The van der Waals surface area contributed by atoms with Crippen LogP contribution in [0.15, 0.2) is 61.2 Å². The predicted octanol–water partition coefficient (Wildman–Crippen LogP) is 4.74. The van der Waals surface area contributed by atoms with Crippen LogP contribution < -0.4 is 4.90 Å². The number of para-hydroxylation sites is 1. The molecule has 0 unspecified atom stereocenters. The van der Waals surface area contributed by atoms with Gasteiger partial charge in [-0.3, -0.25) is 14.5 Å². The van der Waals surface area contributed by atoms with Gasteiger partial charge in [0.25, 0.3) is 5.91 Å². The molecule has 0 radical (unpaired) electrons. The largest absolute Gasteiger partial charge is 0.337 e. The Kier molecular flexibility index (Phi) is 5.72. The van der Waals surface area contributed by atoms with Crippen LogP contribution in [0.1, 0.15) is 39.6 Å². The number of aryl methyl sites for hydroxylation is 2. The minimum atomic E-state index is -0.118. The van der Waals surface area contributed by atoms with Crippen molar-refractivity contribution in [1.29, 1.82) is 0 Å². The second kappa shape index (κ2) is 8.59. The number of aromatic nitrogens is 3. The van der Waals surface area contributed by atoms with Gasteiger partial charge in [0.05, 0.1) is 16.5 Å². The maximum Gasteiger partial charge on any atom is 0.260 e. The van der Waals surface area contributed by atoms with E-state index in [1.807, 2.05) is 35.9 Å². The third-order valence-electron chi connectivity index (χ3n) is 4.98. The van der Waals surface area contributed by atoms with Crippen LogP contribution in [0.2, 0.25) is 0 Å². The average Bonchev–Trinajstić information content (AvgIpc) is 3.41. The van der Waals surface area contributed by atoms with Crippen LogP contribution in [0.25, 0.3) is 10.2 Å². The van der Waals surface area contributed by atoms with E-state index >= 15 is 0 Å². The molecule has 1 amide bonds. The second-order valence-electron chi connectivity index (χ2n) is 7.16. The van der Waals surface area contributed by atoms with Crippen molar-refractivity contribution < 1.29 is 9.59 Å². The first kappa shape index (κ1) is 20.0. The van der Waals surface area contributed by atoms with Crippen molar-refractivity contribution in [2.45, 2.75) is 26.8 Å². The first-order valence-electron chi connectivity index (χ1n) is 9.77. The summed E-state index contributed by atoms with van der Waals surface area (Å²) in [5.74, 6) is -0.139. The Morgan fingerprint density at radius 1 is 1.10 bits per heavy atom. The number of fused-ring (bicyclic) bond motifs is 1. The molecule has 0 saturated carbocycles. The standard InChI is InChI=1S/C23H22N4O2S/c1-16-5-3-6-20-21(16)25-23(30-20)27(13-4-12-26-14-11-24-15-26)22(29)19-9-7-18(8-10-19)17(2)28/h3,5-11,14-15H,4,12-13H2,1-2H3. The Hall–Kier alpha value is -3.32. The number of carbonyl (C=O) groups excluding carboxylic acids is 2. The number of imidazole rings is 1. The van der Waals surface area contributed by atoms with Crippen LogP contribution in [0.3, 0.4) is 0 Å². The summed E-state index contributed by atoms with van der Waals surface area (Å²) in [7, 11) is 0. The molecule has 0 aliphatic heterocycles. The van der Waals surface area contributed by atoms with Gasteiger partial charge in [0.2, 0.25) is 0 Å². The lowest BCUT2D eigenvalue weighted by atomic mass is 10.1. The summed E-state index contributed by atoms with van der Waals surface area (Å²) >= 11 is 1.52. The zero-order chi connectivity index (χ0) is 21.1. The van der Waals surface area contributed by atoms with Gasteiger partial charge in [-0.2, -0.15) is 0 Å². The fourth-order valence-corrected chi connectivity index (χ4v) is 4.38.